The van der Waals surface area contributed by atoms with Gasteiger partial charge in [-0.15, -0.1) is 5.10 Å². The molecule has 0 amide bonds. The Bertz CT molecular complexity index is 668. The Hall–Kier alpha value is -2.09. The number of thioether (sulfide) groups is 1. The van der Waals surface area contributed by atoms with E-state index in [-0.39, 0.29) is 11.6 Å². The first kappa shape index (κ1) is 14.3. The van der Waals surface area contributed by atoms with E-state index in [9.17, 15) is 14.0 Å². The average molecular weight is 297 g/mol. The van der Waals surface area contributed by atoms with Crippen molar-refractivity contribution in [2.75, 3.05) is 5.75 Å². The number of carboxylic acid groups (broad SMARTS) is 1. The zero-order chi connectivity index (χ0) is 14.5. The highest BCUT2D eigenvalue weighted by molar-refractivity contribution is 7.99. The molecule has 0 radical (unpaired) electrons. The summed E-state index contributed by atoms with van der Waals surface area (Å²) in [6.45, 7) is 0.306. The summed E-state index contributed by atoms with van der Waals surface area (Å²) >= 11 is 0.961. The van der Waals surface area contributed by atoms with Crippen molar-refractivity contribution in [1.82, 2.24) is 14.8 Å². The summed E-state index contributed by atoms with van der Waals surface area (Å²) in [7, 11) is 0. The average Bonchev–Trinajstić information content (AvgIpc) is 2.75. The summed E-state index contributed by atoms with van der Waals surface area (Å²) < 4.78 is 14.4. The van der Waals surface area contributed by atoms with Crippen LogP contribution in [0.3, 0.4) is 0 Å². The number of rotatable bonds is 6. The lowest BCUT2D eigenvalue weighted by Crippen LogP contribution is -2.19. The molecule has 0 atom stereocenters. The molecule has 0 saturated heterocycles. The van der Waals surface area contributed by atoms with Crippen LogP contribution in [0, 0.1) is 5.82 Å². The van der Waals surface area contributed by atoms with Gasteiger partial charge in [-0.25, -0.2) is 14.3 Å². The van der Waals surface area contributed by atoms with E-state index < -0.39 is 11.7 Å². The molecular weight excluding hydrogens is 285 g/mol. The summed E-state index contributed by atoms with van der Waals surface area (Å²) in [4.78, 5) is 22.1. The number of nitrogens with zero attached hydrogens (tertiary/aromatic N) is 2. The SMILES string of the molecule is O=C(O)CSc1n[nH]c(=O)n1CCc1cccc(F)c1. The second-order valence-corrected chi connectivity index (χ2v) is 4.97. The van der Waals surface area contributed by atoms with Gasteiger partial charge < -0.3 is 5.11 Å². The molecule has 0 unspecified atom stereocenters. The Labute approximate surface area is 117 Å². The van der Waals surface area contributed by atoms with Crippen molar-refractivity contribution < 1.29 is 14.3 Å². The zero-order valence-electron chi connectivity index (χ0n) is 10.4. The molecule has 1 aromatic carbocycles. The third-order valence-corrected chi connectivity index (χ3v) is 3.52. The minimum Gasteiger partial charge on any atom is -0.481 e. The summed E-state index contributed by atoms with van der Waals surface area (Å²) in [5.41, 5.74) is 0.349. The predicted molar refractivity (Wildman–Crippen MR) is 71.3 cm³/mol. The molecule has 20 heavy (non-hydrogen) atoms. The summed E-state index contributed by atoms with van der Waals surface area (Å²) in [5.74, 6) is -1.49. The first-order chi connectivity index (χ1) is 9.56. The number of aliphatic carboxylic acids is 1. The fourth-order valence-electron chi connectivity index (χ4n) is 1.67. The molecule has 0 aliphatic rings. The van der Waals surface area contributed by atoms with Gasteiger partial charge in [0.15, 0.2) is 5.16 Å². The van der Waals surface area contributed by atoms with E-state index in [0.29, 0.717) is 18.1 Å². The lowest BCUT2D eigenvalue weighted by Gasteiger charge is -2.05. The van der Waals surface area contributed by atoms with Crippen LogP contribution in [0.15, 0.2) is 34.2 Å². The number of H-pyrrole nitrogens is 1. The van der Waals surface area contributed by atoms with Crippen molar-refractivity contribution in [2.24, 2.45) is 0 Å². The van der Waals surface area contributed by atoms with Gasteiger partial charge in [-0.1, -0.05) is 23.9 Å². The van der Waals surface area contributed by atoms with E-state index in [1.165, 1.54) is 16.7 Å². The molecule has 2 rings (SSSR count). The Morgan fingerprint density at radius 1 is 1.50 bits per heavy atom. The molecule has 2 aromatic rings. The molecule has 0 fully saturated rings. The van der Waals surface area contributed by atoms with Crippen LogP contribution in [0.25, 0.3) is 0 Å². The van der Waals surface area contributed by atoms with Crippen LogP contribution in [0.4, 0.5) is 4.39 Å². The number of halogens is 1. The number of aromatic amines is 1. The lowest BCUT2D eigenvalue weighted by molar-refractivity contribution is -0.133. The maximum absolute atomic E-state index is 13.0. The van der Waals surface area contributed by atoms with Crippen LogP contribution in [0.5, 0.6) is 0 Å². The minimum absolute atomic E-state index is 0.176. The zero-order valence-corrected chi connectivity index (χ0v) is 11.2. The first-order valence-corrected chi connectivity index (χ1v) is 6.79. The third kappa shape index (κ3) is 3.70. The van der Waals surface area contributed by atoms with Crippen molar-refractivity contribution in [1.29, 1.82) is 0 Å². The van der Waals surface area contributed by atoms with Gasteiger partial charge in [0.05, 0.1) is 5.75 Å². The second kappa shape index (κ2) is 6.38. The van der Waals surface area contributed by atoms with Gasteiger partial charge in [0.2, 0.25) is 0 Å². The largest absolute Gasteiger partial charge is 0.481 e. The minimum atomic E-state index is -0.984. The Morgan fingerprint density at radius 2 is 2.30 bits per heavy atom. The highest BCUT2D eigenvalue weighted by Gasteiger charge is 2.10. The molecule has 2 N–H and O–H groups in total. The van der Waals surface area contributed by atoms with E-state index in [1.807, 2.05) is 0 Å². The van der Waals surface area contributed by atoms with Gasteiger partial charge in [-0.05, 0) is 24.1 Å². The Morgan fingerprint density at radius 3 is 3.00 bits per heavy atom. The molecule has 8 heteroatoms. The molecule has 1 aromatic heterocycles. The number of aryl methyl sites for hydroxylation is 1. The van der Waals surface area contributed by atoms with Crippen molar-refractivity contribution in [3.8, 4) is 0 Å². The first-order valence-electron chi connectivity index (χ1n) is 5.80. The monoisotopic (exact) mass is 297 g/mol. The van der Waals surface area contributed by atoms with Gasteiger partial charge in [-0.2, -0.15) is 0 Å². The molecule has 106 valence electrons. The van der Waals surface area contributed by atoms with Crippen LogP contribution >= 0.6 is 11.8 Å². The van der Waals surface area contributed by atoms with Crippen LogP contribution in [0.2, 0.25) is 0 Å². The standard InChI is InChI=1S/C12H12FN3O3S/c13-9-3-1-2-8(6-9)4-5-16-11(19)14-15-12(16)20-7-10(17)18/h1-3,6H,4-5,7H2,(H,14,19)(H,17,18). The maximum atomic E-state index is 13.0. The highest BCUT2D eigenvalue weighted by Crippen LogP contribution is 2.13. The number of hydrogen-bond acceptors (Lipinski definition) is 4. The smallest absolute Gasteiger partial charge is 0.343 e. The summed E-state index contributed by atoms with van der Waals surface area (Å²) in [5, 5.41) is 15.0. The number of carbonyl (C=O) groups is 1. The van der Waals surface area contributed by atoms with E-state index in [0.717, 1.165) is 17.3 Å². The maximum Gasteiger partial charge on any atom is 0.343 e. The fourth-order valence-corrected chi connectivity index (χ4v) is 2.36. The van der Waals surface area contributed by atoms with Gasteiger partial charge in [0.25, 0.3) is 0 Å². The number of carboxylic acids is 1. The molecule has 0 saturated carbocycles. The van der Waals surface area contributed by atoms with Crippen LogP contribution < -0.4 is 5.69 Å². The van der Waals surface area contributed by atoms with Crippen molar-refractivity contribution in [3.05, 3.63) is 46.1 Å². The molecule has 0 aliphatic heterocycles. The topological polar surface area (TPSA) is 88.0 Å². The highest BCUT2D eigenvalue weighted by atomic mass is 32.2. The lowest BCUT2D eigenvalue weighted by atomic mass is 10.1. The second-order valence-electron chi connectivity index (χ2n) is 4.03. The van der Waals surface area contributed by atoms with E-state index >= 15 is 0 Å². The van der Waals surface area contributed by atoms with Gasteiger partial charge in [-0.3, -0.25) is 9.36 Å². The Balaban J connectivity index is 2.07. The molecular formula is C12H12FN3O3S. The van der Waals surface area contributed by atoms with Crippen LogP contribution in [-0.2, 0) is 17.8 Å². The van der Waals surface area contributed by atoms with Crippen LogP contribution in [-0.4, -0.2) is 31.6 Å². The van der Waals surface area contributed by atoms with E-state index in [2.05, 4.69) is 10.2 Å². The van der Waals surface area contributed by atoms with Crippen molar-refractivity contribution in [3.63, 3.8) is 0 Å². The van der Waals surface area contributed by atoms with Gasteiger partial charge in [0, 0.05) is 6.54 Å². The van der Waals surface area contributed by atoms with Gasteiger partial charge >= 0.3 is 11.7 Å². The summed E-state index contributed by atoms with van der Waals surface area (Å²) in [6, 6.07) is 6.11. The molecule has 0 bridgehead atoms. The van der Waals surface area contributed by atoms with Crippen LogP contribution in [0.1, 0.15) is 5.56 Å². The van der Waals surface area contributed by atoms with Crippen molar-refractivity contribution in [2.45, 2.75) is 18.1 Å². The number of aromatic nitrogens is 3. The molecule has 1 heterocycles. The van der Waals surface area contributed by atoms with Gasteiger partial charge in [0.1, 0.15) is 5.82 Å². The normalized spacial score (nSPS) is 10.7. The number of benzene rings is 1. The van der Waals surface area contributed by atoms with E-state index in [1.54, 1.807) is 12.1 Å². The predicted octanol–water partition coefficient (Wildman–Crippen LogP) is 1.13. The molecule has 0 spiro atoms. The molecule has 0 aliphatic carbocycles. The summed E-state index contributed by atoms with van der Waals surface area (Å²) in [6.07, 6.45) is 0.456. The number of hydrogen-bond donors (Lipinski definition) is 2. The quantitative estimate of drug-likeness (QED) is 0.780. The number of nitrogens with one attached hydrogen (secondary N) is 1. The fraction of sp³-hybridized carbons (Fsp3) is 0.250. The van der Waals surface area contributed by atoms with E-state index in [4.69, 9.17) is 5.11 Å². The third-order valence-electron chi connectivity index (χ3n) is 2.56. The molecule has 6 nitrogen and oxygen atoms in total. The van der Waals surface area contributed by atoms with Crippen molar-refractivity contribution >= 4 is 17.7 Å². The Kier molecular flexibility index (Phi) is 4.57.